The highest BCUT2D eigenvalue weighted by Gasteiger charge is 2.23. The normalized spacial score (nSPS) is 12.4. The number of para-hydroxylation sites is 2. The van der Waals surface area contributed by atoms with Gasteiger partial charge < -0.3 is 4.42 Å². The maximum Gasteiger partial charge on any atom is 0.227 e. The zero-order valence-electron chi connectivity index (χ0n) is 24.0. The van der Waals surface area contributed by atoms with Gasteiger partial charge in [0.25, 0.3) is 0 Å². The smallest absolute Gasteiger partial charge is 0.227 e. The van der Waals surface area contributed by atoms with E-state index in [1.807, 2.05) is 30.5 Å². The lowest BCUT2D eigenvalue weighted by molar-refractivity contribution is 0.580. The molecule has 0 aliphatic rings. The van der Waals surface area contributed by atoms with Crippen molar-refractivity contribution in [2.24, 2.45) is 0 Å². The molecule has 0 radical (unpaired) electrons. The summed E-state index contributed by atoms with van der Waals surface area (Å²) in [5.74, 6) is 1.58. The molecule has 6 aromatic rings. The van der Waals surface area contributed by atoms with Gasteiger partial charge in [-0.1, -0.05) is 78.8 Å². The highest BCUT2D eigenvalue weighted by molar-refractivity contribution is 6.12. The maximum absolute atomic E-state index is 6.24. The van der Waals surface area contributed by atoms with E-state index in [0.29, 0.717) is 17.7 Å². The van der Waals surface area contributed by atoms with Crippen LogP contribution in [0.3, 0.4) is 0 Å². The van der Waals surface area contributed by atoms with Gasteiger partial charge in [-0.15, -0.1) is 0 Å². The van der Waals surface area contributed by atoms with Crippen LogP contribution in [0.15, 0.2) is 83.4 Å². The summed E-state index contributed by atoms with van der Waals surface area (Å²) in [7, 11) is 0. The molecule has 0 spiro atoms. The van der Waals surface area contributed by atoms with Crippen molar-refractivity contribution in [2.45, 2.75) is 65.7 Å². The SMILES string of the molecule is CC(C)c1cc(-c2nccc3c2ccc2cc(-c4nc5ccccc5o4)c(C(C)(C)C)cc23)cc(C(C)C)c1. The molecule has 0 saturated heterocycles. The number of pyridine rings is 1. The zero-order chi connectivity index (χ0) is 27.5. The molecular formula is C36H36N2O. The summed E-state index contributed by atoms with van der Waals surface area (Å²) in [5, 5.41) is 4.79. The molecule has 0 bridgehead atoms. The molecule has 0 fully saturated rings. The Morgan fingerprint density at radius 2 is 1.44 bits per heavy atom. The Bertz CT molecular complexity index is 1790. The molecule has 0 aliphatic heterocycles. The Morgan fingerprint density at radius 3 is 2.10 bits per heavy atom. The van der Waals surface area contributed by atoms with Crippen LogP contribution in [-0.2, 0) is 5.41 Å². The van der Waals surface area contributed by atoms with Crippen molar-refractivity contribution < 1.29 is 4.42 Å². The summed E-state index contributed by atoms with van der Waals surface area (Å²) < 4.78 is 6.24. The van der Waals surface area contributed by atoms with Crippen LogP contribution in [0.2, 0.25) is 0 Å². The third kappa shape index (κ3) is 4.50. The predicted octanol–water partition coefficient (Wildman–Crippen LogP) is 10.4. The molecule has 0 saturated carbocycles. The summed E-state index contributed by atoms with van der Waals surface area (Å²) in [5.41, 5.74) is 8.80. The first-order valence-corrected chi connectivity index (χ1v) is 14.0. The van der Waals surface area contributed by atoms with E-state index in [1.165, 1.54) is 43.8 Å². The number of benzene rings is 4. The Kier molecular flexibility index (Phi) is 6.06. The summed E-state index contributed by atoms with van der Waals surface area (Å²) in [6.07, 6.45) is 1.96. The first-order valence-electron chi connectivity index (χ1n) is 14.0. The molecular weight excluding hydrogens is 476 g/mol. The van der Waals surface area contributed by atoms with E-state index in [0.717, 1.165) is 22.4 Å². The Hall–Kier alpha value is -3.98. The van der Waals surface area contributed by atoms with Gasteiger partial charge in [0.1, 0.15) is 5.52 Å². The van der Waals surface area contributed by atoms with Gasteiger partial charge in [0.15, 0.2) is 5.58 Å². The number of nitrogens with zero attached hydrogens (tertiary/aromatic N) is 2. The van der Waals surface area contributed by atoms with Gasteiger partial charge in [0.2, 0.25) is 5.89 Å². The van der Waals surface area contributed by atoms with E-state index in [4.69, 9.17) is 14.4 Å². The molecule has 0 N–H and O–H groups in total. The molecule has 3 heteroatoms. The van der Waals surface area contributed by atoms with Crippen LogP contribution in [0.1, 0.15) is 77.0 Å². The van der Waals surface area contributed by atoms with Gasteiger partial charge in [-0.25, -0.2) is 4.98 Å². The van der Waals surface area contributed by atoms with Crippen LogP contribution in [0.5, 0.6) is 0 Å². The third-order valence-corrected chi connectivity index (χ3v) is 7.82. The van der Waals surface area contributed by atoms with Gasteiger partial charge in [0, 0.05) is 22.7 Å². The van der Waals surface area contributed by atoms with Crippen molar-refractivity contribution in [1.82, 2.24) is 9.97 Å². The molecule has 2 aromatic heterocycles. The quantitative estimate of drug-likeness (QED) is 0.221. The fourth-order valence-electron chi connectivity index (χ4n) is 5.53. The Labute approximate surface area is 230 Å². The van der Waals surface area contributed by atoms with Gasteiger partial charge in [-0.2, -0.15) is 0 Å². The number of aromatic nitrogens is 2. The molecule has 0 aliphatic carbocycles. The third-order valence-electron chi connectivity index (χ3n) is 7.82. The van der Waals surface area contributed by atoms with Crippen molar-refractivity contribution in [3.05, 3.63) is 95.7 Å². The summed E-state index contributed by atoms with van der Waals surface area (Å²) >= 11 is 0. The lowest BCUT2D eigenvalue weighted by atomic mass is 9.81. The van der Waals surface area contributed by atoms with Crippen molar-refractivity contribution in [3.8, 4) is 22.7 Å². The van der Waals surface area contributed by atoms with Crippen molar-refractivity contribution in [2.75, 3.05) is 0 Å². The number of hydrogen-bond acceptors (Lipinski definition) is 3. The highest BCUT2D eigenvalue weighted by atomic mass is 16.3. The van der Waals surface area contributed by atoms with Crippen LogP contribution < -0.4 is 0 Å². The lowest BCUT2D eigenvalue weighted by Crippen LogP contribution is -2.13. The number of oxazole rings is 1. The van der Waals surface area contributed by atoms with Crippen molar-refractivity contribution in [1.29, 1.82) is 0 Å². The molecule has 4 aromatic carbocycles. The minimum absolute atomic E-state index is 0.0973. The molecule has 39 heavy (non-hydrogen) atoms. The van der Waals surface area contributed by atoms with Crippen LogP contribution in [-0.4, -0.2) is 9.97 Å². The first-order chi connectivity index (χ1) is 18.6. The summed E-state index contributed by atoms with van der Waals surface area (Å²) in [6, 6.07) is 26.1. The summed E-state index contributed by atoms with van der Waals surface area (Å²) in [6.45, 7) is 15.8. The molecule has 0 atom stereocenters. The largest absolute Gasteiger partial charge is 0.436 e. The van der Waals surface area contributed by atoms with E-state index >= 15 is 0 Å². The second kappa shape index (κ2) is 9.34. The molecule has 0 amide bonds. The topological polar surface area (TPSA) is 38.9 Å². The van der Waals surface area contributed by atoms with E-state index in [1.54, 1.807) is 0 Å². The number of fused-ring (bicyclic) bond motifs is 4. The standard InChI is InChI=1S/C36H36N2O/c1-21(2)24-16-25(22(3)4)18-26(17-24)34-28-13-12-23-19-30(35-38-32-10-8-9-11-33(32)39-35)31(36(5,6)7)20-29(23)27(28)14-15-37-34/h8-22H,1-7H3. The monoisotopic (exact) mass is 512 g/mol. The second-order valence-corrected chi connectivity index (χ2v) is 12.4. The van der Waals surface area contributed by atoms with Gasteiger partial charge in [0.05, 0.1) is 5.69 Å². The molecule has 196 valence electrons. The number of hydrogen-bond donors (Lipinski definition) is 0. The minimum atomic E-state index is -0.0973. The first kappa shape index (κ1) is 25.3. The lowest BCUT2D eigenvalue weighted by Gasteiger charge is -2.23. The van der Waals surface area contributed by atoms with Crippen LogP contribution in [0.25, 0.3) is 55.4 Å². The van der Waals surface area contributed by atoms with Gasteiger partial charge in [-0.05, 0) is 92.6 Å². The average molecular weight is 513 g/mol. The molecule has 0 unspecified atom stereocenters. The van der Waals surface area contributed by atoms with E-state index in [-0.39, 0.29) is 5.41 Å². The number of rotatable bonds is 4. The van der Waals surface area contributed by atoms with Crippen LogP contribution in [0, 0.1) is 0 Å². The second-order valence-electron chi connectivity index (χ2n) is 12.4. The molecule has 6 rings (SSSR count). The minimum Gasteiger partial charge on any atom is -0.436 e. The summed E-state index contributed by atoms with van der Waals surface area (Å²) in [4.78, 5) is 9.77. The fourth-order valence-corrected chi connectivity index (χ4v) is 5.53. The van der Waals surface area contributed by atoms with Crippen molar-refractivity contribution in [3.63, 3.8) is 0 Å². The van der Waals surface area contributed by atoms with Crippen molar-refractivity contribution >= 4 is 32.6 Å². The molecule has 2 heterocycles. The maximum atomic E-state index is 6.24. The van der Waals surface area contributed by atoms with E-state index in [2.05, 4.69) is 97.0 Å². The van der Waals surface area contributed by atoms with Crippen LogP contribution >= 0.6 is 0 Å². The van der Waals surface area contributed by atoms with E-state index < -0.39 is 0 Å². The van der Waals surface area contributed by atoms with Gasteiger partial charge >= 0.3 is 0 Å². The molecule has 3 nitrogen and oxygen atoms in total. The Balaban J connectivity index is 1.60. The van der Waals surface area contributed by atoms with Gasteiger partial charge in [-0.3, -0.25) is 4.98 Å². The predicted molar refractivity (Wildman–Crippen MR) is 165 cm³/mol. The van der Waals surface area contributed by atoms with Crippen LogP contribution in [0.4, 0.5) is 0 Å². The highest BCUT2D eigenvalue weighted by Crippen LogP contribution is 2.40. The fraction of sp³-hybridized carbons (Fsp3) is 0.278. The van der Waals surface area contributed by atoms with E-state index in [9.17, 15) is 0 Å². The Morgan fingerprint density at radius 1 is 0.718 bits per heavy atom. The average Bonchev–Trinajstić information content (AvgIpc) is 3.35. The zero-order valence-corrected chi connectivity index (χ0v) is 24.0.